The highest BCUT2D eigenvalue weighted by Crippen LogP contribution is 2.30. The van der Waals surface area contributed by atoms with Crippen molar-refractivity contribution in [1.29, 1.82) is 0 Å². The summed E-state index contributed by atoms with van der Waals surface area (Å²) in [6.45, 7) is 6.25. The maximum absolute atomic E-state index is 12.0. The van der Waals surface area contributed by atoms with Gasteiger partial charge in [0.2, 0.25) is 0 Å². The number of H-pyrrole nitrogens is 1. The van der Waals surface area contributed by atoms with Crippen molar-refractivity contribution in [3.8, 4) is 0 Å². The number of carboxylic acid groups (broad SMARTS) is 1. The van der Waals surface area contributed by atoms with E-state index in [0.717, 1.165) is 0 Å². The Morgan fingerprint density at radius 1 is 1.26 bits per heavy atom. The maximum atomic E-state index is 12.0. The van der Waals surface area contributed by atoms with Gasteiger partial charge in [-0.25, -0.2) is 0 Å². The number of carbonyl (C=O) groups is 2. The van der Waals surface area contributed by atoms with Gasteiger partial charge >= 0.3 is 5.97 Å². The van der Waals surface area contributed by atoms with E-state index < -0.39 is 28.4 Å². The van der Waals surface area contributed by atoms with Gasteiger partial charge in [0, 0.05) is 6.20 Å². The topological polar surface area (TPSA) is 99.3 Å². The first kappa shape index (κ1) is 14.9. The van der Waals surface area contributed by atoms with Gasteiger partial charge in [0.05, 0.1) is 11.0 Å². The summed E-state index contributed by atoms with van der Waals surface area (Å²) in [4.78, 5) is 37.2. The molecule has 0 fully saturated rings. The Morgan fingerprint density at radius 2 is 1.84 bits per heavy atom. The minimum Gasteiger partial charge on any atom is -0.481 e. The molecular weight excluding hydrogens is 248 g/mol. The molecule has 0 atom stereocenters. The Labute approximate surface area is 110 Å². The lowest BCUT2D eigenvalue weighted by Gasteiger charge is -2.38. The average molecular weight is 266 g/mol. The van der Waals surface area contributed by atoms with Crippen LogP contribution in [0.2, 0.25) is 0 Å². The van der Waals surface area contributed by atoms with Crippen LogP contribution in [0.4, 0.5) is 0 Å². The number of pyridine rings is 1. The molecule has 0 saturated heterocycles. The average Bonchev–Trinajstić information content (AvgIpc) is 2.28. The third-order valence-corrected chi connectivity index (χ3v) is 3.59. The van der Waals surface area contributed by atoms with E-state index in [9.17, 15) is 19.5 Å². The molecular formula is C13H18N2O4. The Hall–Kier alpha value is -2.11. The van der Waals surface area contributed by atoms with Crippen LogP contribution in [-0.2, 0) is 4.79 Å². The number of hydrogen-bond donors (Lipinski definition) is 3. The minimum absolute atomic E-state index is 0.0447. The molecule has 0 aliphatic carbocycles. The molecule has 6 nitrogen and oxygen atoms in total. The molecule has 0 saturated carbocycles. The number of hydrogen-bond acceptors (Lipinski definition) is 3. The Bertz CT molecular complexity index is 558. The number of amides is 1. The van der Waals surface area contributed by atoms with Crippen molar-refractivity contribution in [1.82, 2.24) is 10.3 Å². The predicted molar refractivity (Wildman–Crippen MR) is 70.0 cm³/mol. The van der Waals surface area contributed by atoms with Crippen LogP contribution >= 0.6 is 0 Å². The SMILES string of the molecule is CC(C)(NC(=O)c1ccc[nH]c1=O)C(C)(C)C(=O)O. The molecule has 6 heteroatoms. The van der Waals surface area contributed by atoms with Crippen molar-refractivity contribution >= 4 is 11.9 Å². The number of nitrogens with one attached hydrogen (secondary N) is 2. The second-order valence-corrected chi connectivity index (χ2v) is 5.42. The molecule has 104 valence electrons. The monoisotopic (exact) mass is 266 g/mol. The summed E-state index contributed by atoms with van der Waals surface area (Å²) in [5, 5.41) is 11.8. The van der Waals surface area contributed by atoms with Crippen LogP contribution in [0, 0.1) is 5.41 Å². The van der Waals surface area contributed by atoms with Crippen LogP contribution in [0.5, 0.6) is 0 Å². The summed E-state index contributed by atoms with van der Waals surface area (Å²) < 4.78 is 0. The van der Waals surface area contributed by atoms with Crippen molar-refractivity contribution in [2.24, 2.45) is 5.41 Å². The van der Waals surface area contributed by atoms with Gasteiger partial charge in [0.15, 0.2) is 0 Å². The van der Waals surface area contributed by atoms with E-state index in [2.05, 4.69) is 10.3 Å². The molecule has 1 aromatic heterocycles. The second-order valence-electron chi connectivity index (χ2n) is 5.42. The summed E-state index contributed by atoms with van der Waals surface area (Å²) >= 11 is 0. The third kappa shape index (κ3) is 2.83. The van der Waals surface area contributed by atoms with Crippen molar-refractivity contribution in [3.63, 3.8) is 0 Å². The summed E-state index contributed by atoms with van der Waals surface area (Å²) in [6, 6.07) is 2.92. The van der Waals surface area contributed by atoms with Gasteiger partial charge in [-0.1, -0.05) is 0 Å². The summed E-state index contributed by atoms with van der Waals surface area (Å²) in [5.41, 5.74) is -2.75. The van der Waals surface area contributed by atoms with Gasteiger partial charge in [0.25, 0.3) is 11.5 Å². The van der Waals surface area contributed by atoms with Crippen LogP contribution < -0.4 is 10.9 Å². The third-order valence-electron chi connectivity index (χ3n) is 3.59. The zero-order valence-electron chi connectivity index (χ0n) is 11.4. The number of aliphatic carboxylic acids is 1. The highest BCUT2D eigenvalue weighted by atomic mass is 16.4. The van der Waals surface area contributed by atoms with Crippen LogP contribution in [0.15, 0.2) is 23.1 Å². The maximum Gasteiger partial charge on any atom is 0.311 e. The number of aromatic amines is 1. The fraction of sp³-hybridized carbons (Fsp3) is 0.462. The van der Waals surface area contributed by atoms with Crippen molar-refractivity contribution in [3.05, 3.63) is 34.2 Å². The van der Waals surface area contributed by atoms with E-state index in [1.165, 1.54) is 32.2 Å². The van der Waals surface area contributed by atoms with E-state index >= 15 is 0 Å². The first-order valence-electron chi connectivity index (χ1n) is 5.83. The molecule has 3 N–H and O–H groups in total. The Balaban J connectivity index is 3.03. The molecule has 0 aliphatic heterocycles. The first-order valence-corrected chi connectivity index (χ1v) is 5.83. The highest BCUT2D eigenvalue weighted by molar-refractivity contribution is 5.94. The molecule has 0 bridgehead atoms. The molecule has 0 aliphatic rings. The number of carbonyl (C=O) groups excluding carboxylic acids is 1. The fourth-order valence-electron chi connectivity index (χ4n) is 1.38. The molecule has 1 rings (SSSR count). The molecule has 1 heterocycles. The molecule has 0 unspecified atom stereocenters. The largest absolute Gasteiger partial charge is 0.481 e. The molecule has 1 aromatic rings. The van der Waals surface area contributed by atoms with Crippen molar-refractivity contribution in [2.75, 3.05) is 0 Å². The molecule has 19 heavy (non-hydrogen) atoms. The Morgan fingerprint density at radius 3 is 2.32 bits per heavy atom. The number of aromatic nitrogens is 1. The van der Waals surface area contributed by atoms with Crippen LogP contribution in [0.3, 0.4) is 0 Å². The summed E-state index contributed by atoms with van der Waals surface area (Å²) in [7, 11) is 0. The van der Waals surface area contributed by atoms with E-state index in [1.54, 1.807) is 13.8 Å². The number of rotatable bonds is 4. The van der Waals surface area contributed by atoms with Crippen LogP contribution in [0.25, 0.3) is 0 Å². The van der Waals surface area contributed by atoms with Crippen molar-refractivity contribution < 1.29 is 14.7 Å². The lowest BCUT2D eigenvalue weighted by atomic mass is 9.74. The van der Waals surface area contributed by atoms with Gasteiger partial charge in [-0.3, -0.25) is 14.4 Å². The lowest BCUT2D eigenvalue weighted by molar-refractivity contribution is -0.150. The zero-order chi connectivity index (χ0) is 14.8. The Kier molecular flexibility index (Phi) is 3.83. The smallest absolute Gasteiger partial charge is 0.311 e. The quantitative estimate of drug-likeness (QED) is 0.756. The van der Waals surface area contributed by atoms with E-state index in [1.807, 2.05) is 0 Å². The van der Waals surface area contributed by atoms with Crippen molar-refractivity contribution in [2.45, 2.75) is 33.2 Å². The zero-order valence-corrected chi connectivity index (χ0v) is 11.4. The first-order chi connectivity index (χ1) is 8.59. The predicted octanol–water partition coefficient (Wildman–Crippen LogP) is 0.994. The minimum atomic E-state index is -1.18. The highest BCUT2D eigenvalue weighted by Gasteiger charge is 2.44. The van der Waals surface area contributed by atoms with Gasteiger partial charge in [0.1, 0.15) is 5.56 Å². The normalized spacial score (nSPS) is 12.0. The second kappa shape index (κ2) is 4.87. The van der Waals surface area contributed by atoms with Crippen LogP contribution in [-0.4, -0.2) is 27.5 Å². The van der Waals surface area contributed by atoms with Gasteiger partial charge in [-0.05, 0) is 39.8 Å². The fourth-order valence-corrected chi connectivity index (χ4v) is 1.38. The van der Waals surface area contributed by atoms with Gasteiger partial charge < -0.3 is 15.4 Å². The molecule has 0 aromatic carbocycles. The number of carboxylic acids is 1. The van der Waals surface area contributed by atoms with E-state index in [4.69, 9.17) is 0 Å². The van der Waals surface area contributed by atoms with E-state index in [-0.39, 0.29) is 5.56 Å². The van der Waals surface area contributed by atoms with E-state index in [0.29, 0.717) is 0 Å². The molecule has 0 radical (unpaired) electrons. The summed E-state index contributed by atoms with van der Waals surface area (Å²) in [6.07, 6.45) is 1.42. The standard InChI is InChI=1S/C13H18N2O4/c1-12(2,11(18)19)13(3,4)15-10(17)8-6-5-7-14-9(8)16/h5-7H,1-4H3,(H,14,16)(H,15,17)(H,18,19). The van der Waals surface area contributed by atoms with Gasteiger partial charge in [-0.15, -0.1) is 0 Å². The molecule has 1 amide bonds. The molecule has 0 spiro atoms. The lowest BCUT2D eigenvalue weighted by Crippen LogP contribution is -2.57. The van der Waals surface area contributed by atoms with Gasteiger partial charge in [-0.2, -0.15) is 0 Å². The summed E-state index contributed by atoms with van der Waals surface area (Å²) in [5.74, 6) is -1.62. The van der Waals surface area contributed by atoms with Crippen LogP contribution in [0.1, 0.15) is 38.1 Å².